The van der Waals surface area contributed by atoms with Gasteiger partial charge in [-0.1, -0.05) is 6.07 Å². The van der Waals surface area contributed by atoms with Gasteiger partial charge in [0.15, 0.2) is 0 Å². The molecule has 0 atom stereocenters. The van der Waals surface area contributed by atoms with Crippen LogP contribution in [0.5, 0.6) is 0 Å². The Morgan fingerprint density at radius 2 is 2.12 bits per heavy atom. The molecule has 0 amide bonds. The minimum absolute atomic E-state index is 0.382. The summed E-state index contributed by atoms with van der Waals surface area (Å²) in [5, 5.41) is 11.7. The Morgan fingerprint density at radius 1 is 1.25 bits per heavy atom. The smallest absolute Gasteiger partial charge is 0.130 e. The lowest BCUT2D eigenvalue weighted by atomic mass is 10.2. The Labute approximate surface area is 92.2 Å². The lowest BCUT2D eigenvalue weighted by molar-refractivity contribution is 0.628. The van der Waals surface area contributed by atoms with E-state index in [1.807, 2.05) is 6.07 Å². The van der Waals surface area contributed by atoms with E-state index in [0.717, 1.165) is 0 Å². The lowest BCUT2D eigenvalue weighted by Crippen LogP contribution is -1.96. The summed E-state index contributed by atoms with van der Waals surface area (Å²) in [7, 11) is 0. The molecule has 1 aromatic heterocycles. The maximum atomic E-state index is 13.0. The van der Waals surface area contributed by atoms with Crippen molar-refractivity contribution < 1.29 is 4.39 Å². The first kappa shape index (κ1) is 10.1. The number of halogens is 1. The van der Waals surface area contributed by atoms with Gasteiger partial charge in [0.25, 0.3) is 0 Å². The topological polar surface area (TPSA) is 48.7 Å². The van der Waals surface area contributed by atoms with Gasteiger partial charge in [-0.2, -0.15) is 5.26 Å². The van der Waals surface area contributed by atoms with Crippen molar-refractivity contribution in [3.05, 3.63) is 54.0 Å². The van der Waals surface area contributed by atoms with Crippen molar-refractivity contribution in [1.82, 2.24) is 4.98 Å². The Bertz CT molecular complexity index is 532. The summed E-state index contributed by atoms with van der Waals surface area (Å²) in [5.41, 5.74) is 0.799. The van der Waals surface area contributed by atoms with Crippen LogP contribution < -0.4 is 5.32 Å². The zero-order chi connectivity index (χ0) is 11.4. The third kappa shape index (κ3) is 2.15. The molecule has 0 fully saturated rings. The second-order valence-electron chi connectivity index (χ2n) is 3.14. The average Bonchev–Trinajstić information content (AvgIpc) is 2.31. The highest BCUT2D eigenvalue weighted by molar-refractivity contribution is 5.64. The maximum absolute atomic E-state index is 13.0. The average molecular weight is 213 g/mol. The number of nitriles is 1. The molecule has 78 valence electrons. The first-order chi connectivity index (χ1) is 7.79. The van der Waals surface area contributed by atoms with E-state index in [0.29, 0.717) is 17.1 Å². The van der Waals surface area contributed by atoms with Crippen molar-refractivity contribution in [2.45, 2.75) is 0 Å². The lowest BCUT2D eigenvalue weighted by Gasteiger charge is -2.06. The standard InChI is InChI=1S/C12H8FN3/c13-10-5-4-9(8-14)11(7-10)16-12-3-1-2-6-15-12/h1-7H,(H,15,16). The summed E-state index contributed by atoms with van der Waals surface area (Å²) in [6.07, 6.45) is 1.62. The summed E-state index contributed by atoms with van der Waals surface area (Å²) >= 11 is 0. The van der Waals surface area contributed by atoms with Crippen LogP contribution in [0.4, 0.5) is 15.9 Å². The van der Waals surface area contributed by atoms with Gasteiger partial charge in [0.05, 0.1) is 11.3 Å². The van der Waals surface area contributed by atoms with Gasteiger partial charge in [0.2, 0.25) is 0 Å². The van der Waals surface area contributed by atoms with Crippen LogP contribution in [-0.2, 0) is 0 Å². The fourth-order valence-corrected chi connectivity index (χ4v) is 1.29. The molecule has 2 aromatic rings. The molecule has 0 bridgehead atoms. The van der Waals surface area contributed by atoms with Gasteiger partial charge in [-0.3, -0.25) is 0 Å². The molecule has 0 aliphatic rings. The zero-order valence-corrected chi connectivity index (χ0v) is 8.31. The van der Waals surface area contributed by atoms with Crippen molar-refractivity contribution in [3.63, 3.8) is 0 Å². The van der Waals surface area contributed by atoms with Gasteiger partial charge in [-0.15, -0.1) is 0 Å². The molecule has 3 nitrogen and oxygen atoms in total. The van der Waals surface area contributed by atoms with E-state index in [1.54, 1.807) is 24.4 Å². The molecule has 1 aromatic carbocycles. The summed E-state index contributed by atoms with van der Waals surface area (Å²) in [5.74, 6) is 0.182. The molecule has 1 heterocycles. The van der Waals surface area contributed by atoms with E-state index in [9.17, 15) is 4.39 Å². The third-order valence-electron chi connectivity index (χ3n) is 2.03. The molecule has 0 unspecified atom stereocenters. The van der Waals surface area contributed by atoms with E-state index in [4.69, 9.17) is 5.26 Å². The molecule has 16 heavy (non-hydrogen) atoms. The van der Waals surface area contributed by atoms with Gasteiger partial charge >= 0.3 is 0 Å². The SMILES string of the molecule is N#Cc1ccc(F)cc1Nc1ccccn1. The quantitative estimate of drug-likeness (QED) is 0.834. The molecule has 2 rings (SSSR count). The molecule has 4 heteroatoms. The summed E-state index contributed by atoms with van der Waals surface area (Å²) in [6, 6.07) is 11.3. The van der Waals surface area contributed by atoms with Crippen LogP contribution in [0.3, 0.4) is 0 Å². The van der Waals surface area contributed by atoms with Crippen molar-refractivity contribution in [3.8, 4) is 6.07 Å². The molecular formula is C12H8FN3. The number of aromatic nitrogens is 1. The van der Waals surface area contributed by atoms with E-state index < -0.39 is 5.82 Å². The maximum Gasteiger partial charge on any atom is 0.130 e. The van der Waals surface area contributed by atoms with Crippen molar-refractivity contribution >= 4 is 11.5 Å². The molecule has 0 aliphatic carbocycles. The van der Waals surface area contributed by atoms with Crippen LogP contribution in [0, 0.1) is 17.1 Å². The highest BCUT2D eigenvalue weighted by Crippen LogP contribution is 2.19. The minimum atomic E-state index is -0.391. The van der Waals surface area contributed by atoms with E-state index >= 15 is 0 Å². The van der Waals surface area contributed by atoms with Gasteiger partial charge < -0.3 is 5.32 Å². The van der Waals surface area contributed by atoms with E-state index in [1.165, 1.54) is 18.2 Å². The Kier molecular flexibility index (Phi) is 2.79. The number of hydrogen-bond acceptors (Lipinski definition) is 3. The number of benzene rings is 1. The van der Waals surface area contributed by atoms with Crippen molar-refractivity contribution in [2.24, 2.45) is 0 Å². The Hall–Kier alpha value is -2.41. The van der Waals surface area contributed by atoms with Gasteiger partial charge in [-0.05, 0) is 30.3 Å². The van der Waals surface area contributed by atoms with E-state index in [2.05, 4.69) is 10.3 Å². The molecule has 0 saturated heterocycles. The number of rotatable bonds is 2. The largest absolute Gasteiger partial charge is 0.339 e. The third-order valence-corrected chi connectivity index (χ3v) is 2.03. The normalized spacial score (nSPS) is 9.50. The highest BCUT2D eigenvalue weighted by atomic mass is 19.1. The predicted octanol–water partition coefficient (Wildman–Crippen LogP) is 2.84. The van der Waals surface area contributed by atoms with Crippen LogP contribution in [-0.4, -0.2) is 4.98 Å². The number of anilines is 2. The first-order valence-corrected chi connectivity index (χ1v) is 4.67. The molecule has 0 aliphatic heterocycles. The van der Waals surface area contributed by atoms with Crippen LogP contribution in [0.25, 0.3) is 0 Å². The Morgan fingerprint density at radius 3 is 2.81 bits per heavy atom. The second kappa shape index (κ2) is 4.41. The first-order valence-electron chi connectivity index (χ1n) is 4.67. The zero-order valence-electron chi connectivity index (χ0n) is 8.31. The minimum Gasteiger partial charge on any atom is -0.339 e. The monoisotopic (exact) mass is 213 g/mol. The predicted molar refractivity (Wildman–Crippen MR) is 58.6 cm³/mol. The number of nitrogens with one attached hydrogen (secondary N) is 1. The van der Waals surface area contributed by atoms with Gasteiger partial charge in [0.1, 0.15) is 17.7 Å². The van der Waals surface area contributed by atoms with Crippen LogP contribution in [0.2, 0.25) is 0 Å². The molecule has 1 N–H and O–H groups in total. The molecule has 0 spiro atoms. The number of nitrogens with zero attached hydrogens (tertiary/aromatic N) is 2. The fourth-order valence-electron chi connectivity index (χ4n) is 1.29. The van der Waals surface area contributed by atoms with Crippen LogP contribution >= 0.6 is 0 Å². The second-order valence-corrected chi connectivity index (χ2v) is 3.14. The van der Waals surface area contributed by atoms with Crippen LogP contribution in [0.15, 0.2) is 42.6 Å². The van der Waals surface area contributed by atoms with Crippen molar-refractivity contribution in [2.75, 3.05) is 5.32 Å². The molecule has 0 radical (unpaired) electrons. The number of pyridine rings is 1. The van der Waals surface area contributed by atoms with Crippen LogP contribution in [0.1, 0.15) is 5.56 Å². The van der Waals surface area contributed by atoms with Gasteiger partial charge in [-0.25, -0.2) is 9.37 Å². The summed E-state index contributed by atoms with van der Waals surface area (Å²) in [6.45, 7) is 0. The van der Waals surface area contributed by atoms with Crippen molar-refractivity contribution in [1.29, 1.82) is 5.26 Å². The summed E-state index contributed by atoms with van der Waals surface area (Å²) < 4.78 is 13.0. The van der Waals surface area contributed by atoms with Gasteiger partial charge in [0, 0.05) is 6.20 Å². The number of hydrogen-bond donors (Lipinski definition) is 1. The Balaban J connectivity index is 2.35. The highest BCUT2D eigenvalue weighted by Gasteiger charge is 2.04. The fraction of sp³-hybridized carbons (Fsp3) is 0. The molecular weight excluding hydrogens is 205 g/mol. The van der Waals surface area contributed by atoms with E-state index in [-0.39, 0.29) is 0 Å². The summed E-state index contributed by atoms with van der Waals surface area (Å²) in [4.78, 5) is 4.04. The molecule has 0 saturated carbocycles.